The zero-order chi connectivity index (χ0) is 14.7. The van der Waals surface area contributed by atoms with Crippen LogP contribution in [0.15, 0.2) is 24.3 Å². The lowest BCUT2D eigenvalue weighted by molar-refractivity contribution is 0.0682. The minimum Gasteiger partial charge on any atom is -0.447 e. The first-order chi connectivity index (χ1) is 10.3. The van der Waals surface area contributed by atoms with Crippen LogP contribution < -0.4 is 10.2 Å². The first-order valence-corrected chi connectivity index (χ1v) is 7.60. The van der Waals surface area contributed by atoms with Gasteiger partial charge >= 0.3 is 6.09 Å². The van der Waals surface area contributed by atoms with Crippen molar-refractivity contribution >= 4 is 17.5 Å². The van der Waals surface area contributed by atoms with Crippen LogP contribution in [-0.4, -0.2) is 38.5 Å². The second-order valence-electron chi connectivity index (χ2n) is 5.67. The summed E-state index contributed by atoms with van der Waals surface area (Å²) in [5, 5.41) is 3.57. The van der Waals surface area contributed by atoms with Crippen LogP contribution in [0.4, 0.5) is 16.2 Å². The molecule has 0 atom stereocenters. The van der Waals surface area contributed by atoms with E-state index >= 15 is 0 Å². The van der Waals surface area contributed by atoms with E-state index < -0.39 is 0 Å². The van der Waals surface area contributed by atoms with Gasteiger partial charge in [-0.1, -0.05) is 6.07 Å². The zero-order valence-electron chi connectivity index (χ0n) is 12.4. The summed E-state index contributed by atoms with van der Waals surface area (Å²) in [7, 11) is 1.79. The summed E-state index contributed by atoms with van der Waals surface area (Å²) in [5.74, 6) is 0. The molecule has 5 heteroatoms. The number of rotatable bonds is 4. The van der Waals surface area contributed by atoms with Crippen molar-refractivity contribution in [3.05, 3.63) is 24.3 Å². The van der Waals surface area contributed by atoms with Gasteiger partial charge in [-0.3, -0.25) is 4.90 Å². The molecular weight excluding hydrogens is 268 g/mol. The van der Waals surface area contributed by atoms with E-state index in [2.05, 4.69) is 5.32 Å². The van der Waals surface area contributed by atoms with Crippen molar-refractivity contribution in [3.63, 3.8) is 0 Å². The average molecular weight is 290 g/mol. The van der Waals surface area contributed by atoms with E-state index in [-0.39, 0.29) is 6.09 Å². The smallest absolute Gasteiger partial charge is 0.414 e. The van der Waals surface area contributed by atoms with Crippen LogP contribution in [0.1, 0.15) is 25.7 Å². The number of nitrogens with zero attached hydrogens (tertiary/aromatic N) is 1. The molecule has 1 saturated carbocycles. The maximum atomic E-state index is 11.6. The van der Waals surface area contributed by atoms with E-state index in [1.54, 1.807) is 12.0 Å². The third kappa shape index (κ3) is 3.29. The number of hydrogen-bond acceptors (Lipinski definition) is 4. The highest BCUT2D eigenvalue weighted by Gasteiger charge is 2.24. The third-order valence-electron chi connectivity index (χ3n) is 4.30. The minimum atomic E-state index is -0.257. The molecule has 5 nitrogen and oxygen atoms in total. The maximum Gasteiger partial charge on any atom is 0.414 e. The average Bonchev–Trinajstić information content (AvgIpc) is 2.94. The van der Waals surface area contributed by atoms with Crippen LogP contribution in [0.5, 0.6) is 0 Å². The molecule has 0 bridgehead atoms. The molecule has 1 saturated heterocycles. The Morgan fingerprint density at radius 3 is 2.76 bits per heavy atom. The second-order valence-corrected chi connectivity index (χ2v) is 5.67. The SMILES string of the molecule is COC1CCC(Nc2cccc(N3CCOC3=O)c2)CC1. The molecule has 2 fully saturated rings. The predicted molar refractivity (Wildman–Crippen MR) is 81.8 cm³/mol. The van der Waals surface area contributed by atoms with Crippen molar-refractivity contribution in [2.75, 3.05) is 30.5 Å². The molecule has 114 valence electrons. The van der Waals surface area contributed by atoms with Gasteiger partial charge in [0, 0.05) is 24.5 Å². The fraction of sp³-hybridized carbons (Fsp3) is 0.562. The largest absolute Gasteiger partial charge is 0.447 e. The number of benzene rings is 1. The molecule has 1 heterocycles. The Hall–Kier alpha value is -1.75. The van der Waals surface area contributed by atoms with E-state index in [4.69, 9.17) is 9.47 Å². The molecule has 1 aliphatic heterocycles. The van der Waals surface area contributed by atoms with Gasteiger partial charge in [0.15, 0.2) is 0 Å². The van der Waals surface area contributed by atoms with Crippen LogP contribution in [0.25, 0.3) is 0 Å². The van der Waals surface area contributed by atoms with Gasteiger partial charge in [-0.15, -0.1) is 0 Å². The number of carbonyl (C=O) groups is 1. The summed E-state index contributed by atoms with van der Waals surface area (Å²) in [6, 6.07) is 8.48. The monoisotopic (exact) mass is 290 g/mol. The van der Waals surface area contributed by atoms with Crippen molar-refractivity contribution in [2.24, 2.45) is 0 Å². The first-order valence-electron chi connectivity index (χ1n) is 7.60. The molecule has 1 aliphatic carbocycles. The lowest BCUT2D eigenvalue weighted by Crippen LogP contribution is -2.29. The molecule has 0 radical (unpaired) electrons. The van der Waals surface area contributed by atoms with Crippen molar-refractivity contribution in [1.29, 1.82) is 0 Å². The normalized spacial score (nSPS) is 25.8. The summed E-state index contributed by atoms with van der Waals surface area (Å²) in [6.07, 6.45) is 4.60. The van der Waals surface area contributed by atoms with Crippen LogP contribution >= 0.6 is 0 Å². The quantitative estimate of drug-likeness (QED) is 0.926. The van der Waals surface area contributed by atoms with E-state index in [1.165, 1.54) is 0 Å². The third-order valence-corrected chi connectivity index (χ3v) is 4.30. The van der Waals surface area contributed by atoms with Gasteiger partial charge in [-0.2, -0.15) is 0 Å². The first kappa shape index (κ1) is 14.2. The Kier molecular flexibility index (Phi) is 4.29. The number of anilines is 2. The Labute approximate surface area is 125 Å². The Morgan fingerprint density at radius 2 is 2.10 bits per heavy atom. The summed E-state index contributed by atoms with van der Waals surface area (Å²) >= 11 is 0. The van der Waals surface area contributed by atoms with Gasteiger partial charge in [-0.05, 0) is 43.9 Å². The maximum absolute atomic E-state index is 11.6. The lowest BCUT2D eigenvalue weighted by atomic mass is 9.93. The molecular formula is C16H22N2O3. The number of amides is 1. The van der Waals surface area contributed by atoms with Crippen LogP contribution in [0, 0.1) is 0 Å². The van der Waals surface area contributed by atoms with Crippen LogP contribution in [-0.2, 0) is 9.47 Å². The summed E-state index contributed by atoms with van der Waals surface area (Å²) in [6.45, 7) is 1.10. The van der Waals surface area contributed by atoms with Gasteiger partial charge in [0.2, 0.25) is 0 Å². The molecule has 0 spiro atoms. The fourth-order valence-corrected chi connectivity index (χ4v) is 3.07. The van der Waals surface area contributed by atoms with Crippen molar-refractivity contribution in [1.82, 2.24) is 0 Å². The highest BCUT2D eigenvalue weighted by atomic mass is 16.6. The van der Waals surface area contributed by atoms with Crippen LogP contribution in [0.3, 0.4) is 0 Å². The van der Waals surface area contributed by atoms with Crippen molar-refractivity contribution < 1.29 is 14.3 Å². The number of ether oxygens (including phenoxy) is 2. The van der Waals surface area contributed by atoms with E-state index in [0.29, 0.717) is 25.3 Å². The Morgan fingerprint density at radius 1 is 1.29 bits per heavy atom. The Balaban J connectivity index is 1.62. The molecule has 0 aromatic heterocycles. The Bertz CT molecular complexity index is 498. The minimum absolute atomic E-state index is 0.257. The topological polar surface area (TPSA) is 50.8 Å². The number of hydrogen-bond donors (Lipinski definition) is 1. The molecule has 21 heavy (non-hydrogen) atoms. The zero-order valence-corrected chi connectivity index (χ0v) is 12.4. The van der Waals surface area contributed by atoms with E-state index in [1.807, 2.05) is 24.3 Å². The standard InChI is InChI=1S/C16H22N2O3/c1-20-15-7-5-12(6-8-15)17-13-3-2-4-14(11-13)18-9-10-21-16(18)19/h2-4,11-12,15,17H,5-10H2,1H3. The molecule has 0 unspecified atom stereocenters. The number of cyclic esters (lactones) is 1. The highest BCUT2D eigenvalue weighted by Crippen LogP contribution is 2.26. The molecule has 1 amide bonds. The second kappa shape index (κ2) is 6.35. The van der Waals surface area contributed by atoms with Crippen molar-refractivity contribution in [2.45, 2.75) is 37.8 Å². The van der Waals surface area contributed by atoms with Crippen LogP contribution in [0.2, 0.25) is 0 Å². The van der Waals surface area contributed by atoms with Crippen molar-refractivity contribution in [3.8, 4) is 0 Å². The summed E-state index contributed by atoms with van der Waals surface area (Å²) in [5.41, 5.74) is 1.96. The molecule has 2 aliphatic rings. The lowest BCUT2D eigenvalue weighted by Gasteiger charge is -2.29. The molecule has 1 aromatic rings. The number of nitrogens with one attached hydrogen (secondary N) is 1. The van der Waals surface area contributed by atoms with Gasteiger partial charge in [0.1, 0.15) is 6.61 Å². The van der Waals surface area contributed by atoms with E-state index in [0.717, 1.165) is 37.1 Å². The summed E-state index contributed by atoms with van der Waals surface area (Å²) in [4.78, 5) is 13.3. The molecule has 1 aromatic carbocycles. The highest BCUT2D eigenvalue weighted by molar-refractivity contribution is 5.89. The number of carbonyl (C=O) groups excluding carboxylic acids is 1. The van der Waals surface area contributed by atoms with Gasteiger partial charge in [0.25, 0.3) is 0 Å². The van der Waals surface area contributed by atoms with Gasteiger partial charge < -0.3 is 14.8 Å². The summed E-state index contributed by atoms with van der Waals surface area (Å²) < 4.78 is 10.4. The van der Waals surface area contributed by atoms with Gasteiger partial charge in [0.05, 0.1) is 12.6 Å². The number of methoxy groups -OCH3 is 1. The molecule has 1 N–H and O–H groups in total. The molecule has 3 rings (SSSR count). The van der Waals surface area contributed by atoms with E-state index in [9.17, 15) is 4.79 Å². The van der Waals surface area contributed by atoms with Gasteiger partial charge in [-0.25, -0.2) is 4.79 Å². The fourth-order valence-electron chi connectivity index (χ4n) is 3.07. The predicted octanol–water partition coefficient (Wildman–Crippen LogP) is 3.01.